The highest BCUT2D eigenvalue weighted by Gasteiger charge is 2.62. The summed E-state index contributed by atoms with van der Waals surface area (Å²) in [5, 5.41) is 0. The fourth-order valence-corrected chi connectivity index (χ4v) is 8.43. The molecule has 1 saturated heterocycles. The Hall–Kier alpha value is -3.25. The SMILES string of the molecule is C=C(C)C(=O)O[C@@H]1[C@@H](O[C@H]2O[C@@H](C)[C@@H](OC(C)=O)[C@@H](OC(C)=O)[C@@H]2OC(C)=O)C[C@@]2(C)[C@H](CC[C@@H](C)CC(=O)OC)C(C)=CC[C@@H]2C1(C)C. The molecular formula is C37H56O12. The van der Waals surface area contributed by atoms with Gasteiger partial charge in [0.15, 0.2) is 24.6 Å². The average Bonchev–Trinajstić information content (AvgIpc) is 2.97. The molecule has 3 aliphatic rings. The predicted molar refractivity (Wildman–Crippen MR) is 177 cm³/mol. The van der Waals surface area contributed by atoms with E-state index in [0.717, 1.165) is 19.3 Å². The predicted octanol–water partition coefficient (Wildman–Crippen LogP) is 5.40. The van der Waals surface area contributed by atoms with E-state index in [1.165, 1.54) is 33.5 Å². The molecule has 0 aromatic carbocycles. The average molecular weight is 693 g/mol. The molecule has 276 valence electrons. The van der Waals surface area contributed by atoms with E-state index in [1.54, 1.807) is 13.8 Å². The molecule has 12 heteroatoms. The van der Waals surface area contributed by atoms with E-state index in [-0.39, 0.29) is 34.7 Å². The van der Waals surface area contributed by atoms with Gasteiger partial charge in [-0.05, 0) is 69.6 Å². The first kappa shape index (κ1) is 40.2. The molecule has 1 heterocycles. The normalized spacial score (nSPS) is 34.3. The lowest BCUT2D eigenvalue weighted by atomic mass is 9.46. The zero-order valence-corrected chi connectivity index (χ0v) is 31.0. The first-order chi connectivity index (χ1) is 22.7. The van der Waals surface area contributed by atoms with Gasteiger partial charge in [-0.15, -0.1) is 0 Å². The lowest BCUT2D eigenvalue weighted by Gasteiger charge is -2.61. The van der Waals surface area contributed by atoms with Crippen LogP contribution in [0, 0.1) is 28.6 Å². The third-order valence-corrected chi connectivity index (χ3v) is 10.6. The summed E-state index contributed by atoms with van der Waals surface area (Å²) in [6.07, 6.45) is -1.85. The van der Waals surface area contributed by atoms with E-state index >= 15 is 0 Å². The third kappa shape index (κ3) is 9.31. The summed E-state index contributed by atoms with van der Waals surface area (Å²) in [5.41, 5.74) is 0.508. The van der Waals surface area contributed by atoms with Gasteiger partial charge < -0.3 is 33.2 Å². The second-order valence-electron chi connectivity index (χ2n) is 15.0. The first-order valence-electron chi connectivity index (χ1n) is 17.1. The van der Waals surface area contributed by atoms with E-state index in [1.807, 2.05) is 6.92 Å². The van der Waals surface area contributed by atoms with Gasteiger partial charge in [0.25, 0.3) is 0 Å². The van der Waals surface area contributed by atoms with Crippen molar-refractivity contribution in [2.24, 2.45) is 28.6 Å². The molecule has 0 amide bonds. The highest BCUT2D eigenvalue weighted by molar-refractivity contribution is 5.87. The lowest BCUT2D eigenvalue weighted by Crippen LogP contribution is -2.65. The number of fused-ring (bicyclic) bond motifs is 1. The van der Waals surface area contributed by atoms with Crippen LogP contribution in [0.2, 0.25) is 0 Å². The van der Waals surface area contributed by atoms with E-state index in [9.17, 15) is 24.0 Å². The molecule has 1 saturated carbocycles. The van der Waals surface area contributed by atoms with Crippen LogP contribution in [0.25, 0.3) is 0 Å². The molecule has 0 N–H and O–H groups in total. The van der Waals surface area contributed by atoms with E-state index in [4.69, 9.17) is 33.2 Å². The zero-order chi connectivity index (χ0) is 37.0. The van der Waals surface area contributed by atoms with Gasteiger partial charge in [-0.3, -0.25) is 19.2 Å². The Kier molecular flexibility index (Phi) is 13.3. The smallest absolute Gasteiger partial charge is 0.333 e. The highest BCUT2D eigenvalue weighted by Crippen LogP contribution is 2.62. The van der Waals surface area contributed by atoms with Gasteiger partial charge in [0.05, 0.1) is 19.3 Å². The second-order valence-corrected chi connectivity index (χ2v) is 15.0. The summed E-state index contributed by atoms with van der Waals surface area (Å²) in [6.45, 7) is 21.2. The molecule has 12 nitrogen and oxygen atoms in total. The minimum absolute atomic E-state index is 0.0741. The molecular weight excluding hydrogens is 636 g/mol. The third-order valence-electron chi connectivity index (χ3n) is 10.6. The molecule has 1 aliphatic heterocycles. The Labute approximate surface area is 290 Å². The number of methoxy groups -OCH3 is 1. The Morgan fingerprint density at radius 3 is 2.06 bits per heavy atom. The number of carbonyl (C=O) groups is 5. The van der Waals surface area contributed by atoms with Crippen molar-refractivity contribution in [2.75, 3.05) is 7.11 Å². The molecule has 11 atom stereocenters. The maximum absolute atomic E-state index is 13.1. The van der Waals surface area contributed by atoms with Crippen LogP contribution in [0.5, 0.6) is 0 Å². The van der Waals surface area contributed by atoms with Crippen LogP contribution in [0.1, 0.15) is 101 Å². The zero-order valence-electron chi connectivity index (χ0n) is 31.0. The molecule has 0 radical (unpaired) electrons. The molecule has 0 aromatic heterocycles. The van der Waals surface area contributed by atoms with Crippen LogP contribution < -0.4 is 0 Å². The fourth-order valence-electron chi connectivity index (χ4n) is 8.43. The van der Waals surface area contributed by atoms with E-state index in [0.29, 0.717) is 12.8 Å². The van der Waals surface area contributed by atoms with Crippen molar-refractivity contribution in [3.8, 4) is 0 Å². The summed E-state index contributed by atoms with van der Waals surface area (Å²) < 4.78 is 40.9. The van der Waals surface area contributed by atoms with Crippen molar-refractivity contribution in [3.05, 3.63) is 23.8 Å². The van der Waals surface area contributed by atoms with E-state index in [2.05, 4.69) is 40.3 Å². The van der Waals surface area contributed by atoms with Crippen LogP contribution in [-0.2, 0) is 57.1 Å². The Morgan fingerprint density at radius 2 is 1.51 bits per heavy atom. The minimum Gasteiger partial charge on any atom is -0.469 e. The summed E-state index contributed by atoms with van der Waals surface area (Å²) in [6, 6.07) is 0. The van der Waals surface area contributed by atoms with E-state index < -0.39 is 72.2 Å². The summed E-state index contributed by atoms with van der Waals surface area (Å²) in [5.74, 6) is -2.50. The number of hydrogen-bond acceptors (Lipinski definition) is 12. The highest BCUT2D eigenvalue weighted by atomic mass is 16.7. The number of hydrogen-bond donors (Lipinski definition) is 0. The van der Waals surface area contributed by atoms with Gasteiger partial charge in [0, 0.05) is 38.2 Å². The second kappa shape index (κ2) is 16.2. The molecule has 0 spiro atoms. The first-order valence-corrected chi connectivity index (χ1v) is 17.1. The molecule has 3 rings (SSSR count). The van der Waals surface area contributed by atoms with Gasteiger partial charge in [0.2, 0.25) is 0 Å². The maximum Gasteiger partial charge on any atom is 0.333 e. The summed E-state index contributed by atoms with van der Waals surface area (Å²) in [4.78, 5) is 61.9. The van der Waals surface area contributed by atoms with Crippen LogP contribution in [0.4, 0.5) is 0 Å². The lowest BCUT2D eigenvalue weighted by molar-refractivity contribution is -0.329. The van der Waals surface area contributed by atoms with Crippen LogP contribution in [-0.4, -0.2) is 79.9 Å². The van der Waals surface area contributed by atoms with Gasteiger partial charge in [-0.25, -0.2) is 4.79 Å². The molecule has 49 heavy (non-hydrogen) atoms. The van der Waals surface area contributed by atoms with Crippen molar-refractivity contribution >= 4 is 29.8 Å². The van der Waals surface area contributed by atoms with Crippen molar-refractivity contribution in [1.82, 2.24) is 0 Å². The van der Waals surface area contributed by atoms with Gasteiger partial charge >= 0.3 is 29.8 Å². The Morgan fingerprint density at radius 1 is 0.939 bits per heavy atom. The van der Waals surface area contributed by atoms with Crippen molar-refractivity contribution in [2.45, 2.75) is 144 Å². The van der Waals surface area contributed by atoms with Gasteiger partial charge in [-0.2, -0.15) is 0 Å². The topological polar surface area (TPSA) is 150 Å². The number of carbonyl (C=O) groups excluding carboxylic acids is 5. The maximum atomic E-state index is 13.1. The quantitative estimate of drug-likeness (QED) is 0.112. The van der Waals surface area contributed by atoms with Crippen molar-refractivity contribution in [1.29, 1.82) is 0 Å². The number of rotatable bonds is 12. The summed E-state index contributed by atoms with van der Waals surface area (Å²) in [7, 11) is 1.39. The number of ether oxygens (including phenoxy) is 7. The standard InChI is InChI=1S/C37H56O12/c1-19(2)34(42)49-33-27(48-35-32(47-25(8)40)31(46-24(7)39)30(22(5)44-35)45-23(6)38)18-37(11)26(15-13-20(3)17-29(41)43-12)21(4)14-16-28(37)36(33,9)10/h14,20,22,26-28,30-33,35H,1,13,15-18H2,2-12H3/t20-,22+,26-,27+,28-,30-,31-,32+,33-,35-,37+/m1/s1. The van der Waals surface area contributed by atoms with Crippen LogP contribution >= 0.6 is 0 Å². The van der Waals surface area contributed by atoms with Crippen LogP contribution in [0.3, 0.4) is 0 Å². The molecule has 0 aromatic rings. The van der Waals surface area contributed by atoms with Gasteiger partial charge in [0.1, 0.15) is 6.10 Å². The minimum atomic E-state index is -1.31. The molecule has 0 unspecified atom stereocenters. The van der Waals surface area contributed by atoms with Crippen molar-refractivity contribution < 1.29 is 57.1 Å². The van der Waals surface area contributed by atoms with Crippen LogP contribution in [0.15, 0.2) is 23.8 Å². The molecule has 2 fully saturated rings. The van der Waals surface area contributed by atoms with Crippen molar-refractivity contribution in [3.63, 3.8) is 0 Å². The summed E-state index contributed by atoms with van der Waals surface area (Å²) >= 11 is 0. The fraction of sp³-hybridized carbons (Fsp3) is 0.757. The molecule has 0 bridgehead atoms. The number of allylic oxidation sites excluding steroid dienone is 2. The number of esters is 5. The molecule has 2 aliphatic carbocycles. The monoisotopic (exact) mass is 692 g/mol. The Bertz CT molecular complexity index is 1300. The van der Waals surface area contributed by atoms with Gasteiger partial charge in [-0.1, -0.05) is 45.9 Å². The Balaban J connectivity index is 2.08. The largest absolute Gasteiger partial charge is 0.469 e.